The van der Waals surface area contributed by atoms with Crippen LogP contribution in [0, 0.1) is 0 Å². The molecule has 1 aromatic carbocycles. The van der Waals surface area contributed by atoms with Gasteiger partial charge in [0, 0.05) is 12.4 Å². The summed E-state index contributed by atoms with van der Waals surface area (Å²) in [6.45, 7) is 1.97. The van der Waals surface area contributed by atoms with Crippen LogP contribution in [0.2, 0.25) is 0 Å². The Labute approximate surface area is 94.5 Å². The zero-order chi connectivity index (χ0) is 11.4. The molecule has 1 heterocycles. The summed E-state index contributed by atoms with van der Waals surface area (Å²) in [6.07, 6.45) is 3.43. The van der Waals surface area contributed by atoms with Crippen molar-refractivity contribution in [1.29, 1.82) is 0 Å². The lowest BCUT2D eigenvalue weighted by Gasteiger charge is -2.13. The third-order valence-corrected chi connectivity index (χ3v) is 2.51. The van der Waals surface area contributed by atoms with Crippen molar-refractivity contribution in [1.82, 2.24) is 10.3 Å². The number of benzene rings is 1. The Morgan fingerprint density at radius 3 is 2.62 bits per heavy atom. The van der Waals surface area contributed by atoms with Gasteiger partial charge in [0.15, 0.2) is 0 Å². The smallest absolute Gasteiger partial charge is 0.253 e. The maximum atomic E-state index is 11.8. The molecule has 0 saturated heterocycles. The fourth-order valence-electron chi connectivity index (χ4n) is 1.57. The highest BCUT2D eigenvalue weighted by Crippen LogP contribution is 2.11. The Bertz CT molecular complexity index is 448. The van der Waals surface area contributed by atoms with Crippen LogP contribution in [0.25, 0.3) is 0 Å². The Hall–Kier alpha value is -2.03. The number of carbonyl (C=O) groups is 1. The minimum absolute atomic E-state index is 0.0172. The van der Waals surface area contributed by atoms with E-state index in [1.807, 2.05) is 37.3 Å². The molecule has 16 heavy (non-hydrogen) atoms. The second kappa shape index (κ2) is 4.66. The standard InChI is InChI=1S/C13H14N2O/c1-10(11-5-3-2-4-6-11)15-13(16)12-7-8-14-9-12/h2-10,14H,1H3,(H,15,16)/t10-/m1/s1. The Morgan fingerprint density at radius 1 is 1.25 bits per heavy atom. The van der Waals surface area contributed by atoms with Gasteiger partial charge >= 0.3 is 0 Å². The molecule has 0 fully saturated rings. The summed E-state index contributed by atoms with van der Waals surface area (Å²) in [5.74, 6) is -0.0578. The maximum absolute atomic E-state index is 11.8. The summed E-state index contributed by atoms with van der Waals surface area (Å²) in [5.41, 5.74) is 1.76. The number of H-pyrrole nitrogens is 1. The lowest BCUT2D eigenvalue weighted by Crippen LogP contribution is -2.26. The molecule has 0 bridgehead atoms. The molecule has 3 nitrogen and oxygen atoms in total. The highest BCUT2D eigenvalue weighted by Gasteiger charge is 2.10. The van der Waals surface area contributed by atoms with Crippen LogP contribution in [0.4, 0.5) is 0 Å². The summed E-state index contributed by atoms with van der Waals surface area (Å²) < 4.78 is 0. The lowest BCUT2D eigenvalue weighted by molar-refractivity contribution is 0.0940. The molecule has 2 rings (SSSR count). The zero-order valence-corrected chi connectivity index (χ0v) is 9.10. The van der Waals surface area contributed by atoms with E-state index in [0.29, 0.717) is 5.56 Å². The van der Waals surface area contributed by atoms with Crippen LogP contribution in [0.3, 0.4) is 0 Å². The monoisotopic (exact) mass is 214 g/mol. The number of aromatic nitrogens is 1. The predicted octanol–water partition coefficient (Wildman–Crippen LogP) is 2.51. The molecule has 1 atom stereocenters. The number of hydrogen-bond donors (Lipinski definition) is 2. The van der Waals surface area contributed by atoms with E-state index in [9.17, 15) is 4.79 Å². The van der Waals surface area contributed by atoms with Gasteiger partial charge in [0.25, 0.3) is 5.91 Å². The average Bonchev–Trinajstić information content (AvgIpc) is 2.83. The summed E-state index contributed by atoms with van der Waals surface area (Å²) in [6, 6.07) is 11.7. The van der Waals surface area contributed by atoms with Gasteiger partial charge in [-0.25, -0.2) is 0 Å². The number of amides is 1. The van der Waals surface area contributed by atoms with Gasteiger partial charge in [0.05, 0.1) is 11.6 Å². The molecular formula is C13H14N2O. The van der Waals surface area contributed by atoms with Gasteiger partial charge < -0.3 is 10.3 Å². The number of aromatic amines is 1. The van der Waals surface area contributed by atoms with E-state index in [2.05, 4.69) is 10.3 Å². The molecule has 2 aromatic rings. The van der Waals surface area contributed by atoms with Gasteiger partial charge in [0.2, 0.25) is 0 Å². The molecule has 0 saturated carbocycles. The Morgan fingerprint density at radius 2 is 2.00 bits per heavy atom. The van der Waals surface area contributed by atoms with Crippen molar-refractivity contribution < 1.29 is 4.79 Å². The average molecular weight is 214 g/mol. The molecule has 2 N–H and O–H groups in total. The predicted molar refractivity (Wildman–Crippen MR) is 63.1 cm³/mol. The number of nitrogens with one attached hydrogen (secondary N) is 2. The largest absolute Gasteiger partial charge is 0.367 e. The first-order chi connectivity index (χ1) is 7.77. The van der Waals surface area contributed by atoms with E-state index < -0.39 is 0 Å². The second-order valence-electron chi connectivity index (χ2n) is 3.71. The van der Waals surface area contributed by atoms with Gasteiger partial charge in [0.1, 0.15) is 0 Å². The first-order valence-electron chi connectivity index (χ1n) is 5.26. The van der Waals surface area contributed by atoms with Crippen molar-refractivity contribution >= 4 is 5.91 Å². The molecule has 1 amide bonds. The topological polar surface area (TPSA) is 44.9 Å². The van der Waals surface area contributed by atoms with E-state index in [-0.39, 0.29) is 11.9 Å². The third-order valence-electron chi connectivity index (χ3n) is 2.51. The van der Waals surface area contributed by atoms with Crippen LogP contribution in [0.15, 0.2) is 48.8 Å². The van der Waals surface area contributed by atoms with Gasteiger partial charge in [-0.2, -0.15) is 0 Å². The van der Waals surface area contributed by atoms with Crippen molar-refractivity contribution in [2.45, 2.75) is 13.0 Å². The molecule has 82 valence electrons. The van der Waals surface area contributed by atoms with Crippen LogP contribution in [-0.2, 0) is 0 Å². The first kappa shape index (κ1) is 10.5. The van der Waals surface area contributed by atoms with Gasteiger partial charge in [-0.3, -0.25) is 4.79 Å². The Kier molecular flexibility index (Phi) is 3.05. The fourth-order valence-corrected chi connectivity index (χ4v) is 1.57. The van der Waals surface area contributed by atoms with Crippen LogP contribution in [0.1, 0.15) is 28.9 Å². The molecule has 0 aliphatic rings. The van der Waals surface area contributed by atoms with Crippen molar-refractivity contribution in [3.63, 3.8) is 0 Å². The summed E-state index contributed by atoms with van der Waals surface area (Å²) in [4.78, 5) is 14.6. The summed E-state index contributed by atoms with van der Waals surface area (Å²) >= 11 is 0. The maximum Gasteiger partial charge on any atom is 0.253 e. The van der Waals surface area contributed by atoms with Gasteiger partial charge in [-0.05, 0) is 18.6 Å². The zero-order valence-electron chi connectivity index (χ0n) is 9.10. The minimum atomic E-state index is -0.0578. The van der Waals surface area contributed by atoms with Crippen molar-refractivity contribution in [2.24, 2.45) is 0 Å². The van der Waals surface area contributed by atoms with E-state index in [1.54, 1.807) is 18.5 Å². The molecular weight excluding hydrogens is 200 g/mol. The van der Waals surface area contributed by atoms with Crippen LogP contribution >= 0.6 is 0 Å². The van der Waals surface area contributed by atoms with Crippen LogP contribution in [-0.4, -0.2) is 10.9 Å². The lowest BCUT2D eigenvalue weighted by atomic mass is 10.1. The SMILES string of the molecule is C[C@@H](NC(=O)c1cc[nH]c1)c1ccccc1. The van der Waals surface area contributed by atoms with E-state index in [0.717, 1.165) is 5.56 Å². The third kappa shape index (κ3) is 2.31. The molecule has 1 aromatic heterocycles. The highest BCUT2D eigenvalue weighted by molar-refractivity contribution is 5.94. The van der Waals surface area contributed by atoms with Gasteiger partial charge in [-0.1, -0.05) is 30.3 Å². The van der Waals surface area contributed by atoms with Crippen LogP contribution in [0.5, 0.6) is 0 Å². The summed E-state index contributed by atoms with van der Waals surface area (Å²) in [5, 5.41) is 2.94. The number of rotatable bonds is 3. The summed E-state index contributed by atoms with van der Waals surface area (Å²) in [7, 11) is 0. The molecule has 3 heteroatoms. The molecule has 0 radical (unpaired) electrons. The first-order valence-corrected chi connectivity index (χ1v) is 5.26. The highest BCUT2D eigenvalue weighted by atomic mass is 16.1. The quantitative estimate of drug-likeness (QED) is 0.810. The Balaban J connectivity index is 2.03. The fraction of sp³-hybridized carbons (Fsp3) is 0.154. The molecule has 0 spiro atoms. The van der Waals surface area contributed by atoms with Crippen LogP contribution < -0.4 is 5.32 Å². The minimum Gasteiger partial charge on any atom is -0.367 e. The second-order valence-corrected chi connectivity index (χ2v) is 3.71. The number of carbonyl (C=O) groups excluding carboxylic acids is 1. The molecule has 0 aliphatic heterocycles. The molecule has 0 unspecified atom stereocenters. The van der Waals surface area contributed by atoms with Crippen molar-refractivity contribution in [3.05, 3.63) is 59.9 Å². The molecule has 0 aliphatic carbocycles. The van der Waals surface area contributed by atoms with E-state index in [4.69, 9.17) is 0 Å². The van der Waals surface area contributed by atoms with E-state index in [1.165, 1.54) is 0 Å². The normalized spacial score (nSPS) is 12.1. The van der Waals surface area contributed by atoms with Crippen molar-refractivity contribution in [2.75, 3.05) is 0 Å². The number of hydrogen-bond acceptors (Lipinski definition) is 1. The van der Waals surface area contributed by atoms with Crippen molar-refractivity contribution in [3.8, 4) is 0 Å². The van der Waals surface area contributed by atoms with E-state index >= 15 is 0 Å². The van der Waals surface area contributed by atoms with Gasteiger partial charge in [-0.15, -0.1) is 0 Å².